The molecule has 0 aliphatic rings. The Morgan fingerprint density at radius 1 is 0.971 bits per heavy atom. The van der Waals surface area contributed by atoms with Crippen molar-refractivity contribution in [2.45, 2.75) is 40.7 Å². The number of anilines is 1. The predicted molar refractivity (Wildman–Crippen MR) is 135 cm³/mol. The number of rotatable bonds is 14. The van der Waals surface area contributed by atoms with Crippen LogP contribution in [0, 0.1) is 12.7 Å². The van der Waals surface area contributed by atoms with Crippen LogP contribution < -0.4 is 10.2 Å². The topological polar surface area (TPSA) is 73.0 Å². The Kier molecular flexibility index (Phi) is 10.9. The van der Waals surface area contributed by atoms with Gasteiger partial charge in [0.05, 0.1) is 6.54 Å². The first-order valence-corrected chi connectivity index (χ1v) is 13.2. The van der Waals surface area contributed by atoms with Gasteiger partial charge in [-0.1, -0.05) is 38.1 Å². The van der Waals surface area contributed by atoms with E-state index in [-0.39, 0.29) is 19.0 Å². The molecule has 0 fully saturated rings. The summed E-state index contributed by atoms with van der Waals surface area (Å²) in [6.07, 6.45) is 0.730. The lowest BCUT2D eigenvalue weighted by molar-refractivity contribution is -0.121. The number of halogens is 1. The lowest BCUT2D eigenvalue weighted by atomic mass is 10.2. The van der Waals surface area contributed by atoms with Crippen LogP contribution >= 0.6 is 0 Å². The van der Waals surface area contributed by atoms with Gasteiger partial charge in [0.2, 0.25) is 5.91 Å². The van der Waals surface area contributed by atoms with Gasteiger partial charge in [0.15, 0.2) is 0 Å². The van der Waals surface area contributed by atoms with Gasteiger partial charge in [0.25, 0.3) is 10.2 Å². The number of nitrogens with zero attached hydrogens (tertiary/aromatic N) is 3. The summed E-state index contributed by atoms with van der Waals surface area (Å²) in [4.78, 5) is 14.9. The van der Waals surface area contributed by atoms with Crippen molar-refractivity contribution < 1.29 is 17.6 Å². The van der Waals surface area contributed by atoms with Crippen molar-refractivity contribution in [1.29, 1.82) is 0 Å². The fourth-order valence-corrected chi connectivity index (χ4v) is 5.31. The van der Waals surface area contributed by atoms with Gasteiger partial charge in [0.1, 0.15) is 5.82 Å². The average Bonchev–Trinajstić information content (AvgIpc) is 2.80. The summed E-state index contributed by atoms with van der Waals surface area (Å²) in [5, 5.41) is 2.85. The maximum atomic E-state index is 13.3. The third-order valence-electron chi connectivity index (χ3n) is 5.63. The highest BCUT2D eigenvalue weighted by Gasteiger charge is 2.29. The molecular weight excluding hydrogens is 455 g/mol. The minimum atomic E-state index is -3.85. The third kappa shape index (κ3) is 8.07. The van der Waals surface area contributed by atoms with E-state index in [4.69, 9.17) is 0 Å². The van der Waals surface area contributed by atoms with E-state index in [1.165, 1.54) is 34.1 Å². The third-order valence-corrected chi connectivity index (χ3v) is 7.71. The van der Waals surface area contributed by atoms with E-state index in [2.05, 4.69) is 42.3 Å². The maximum Gasteiger partial charge on any atom is 0.282 e. The van der Waals surface area contributed by atoms with Crippen molar-refractivity contribution in [2.75, 3.05) is 44.2 Å². The molecule has 2 rings (SSSR count). The predicted octanol–water partition coefficient (Wildman–Crippen LogP) is 3.56. The number of hydrogen-bond donors (Lipinski definition) is 1. The van der Waals surface area contributed by atoms with Gasteiger partial charge in [-0.3, -0.25) is 4.79 Å². The van der Waals surface area contributed by atoms with Gasteiger partial charge in [-0.05, 0) is 55.7 Å². The second-order valence-electron chi connectivity index (χ2n) is 8.11. The van der Waals surface area contributed by atoms with Gasteiger partial charge >= 0.3 is 0 Å². The molecule has 2 aromatic rings. The van der Waals surface area contributed by atoms with E-state index in [0.717, 1.165) is 29.5 Å². The number of carbonyl (C=O) groups is 1. The number of carbonyl (C=O) groups excluding carboxylic acids is 1. The zero-order valence-electron chi connectivity index (χ0n) is 20.6. The summed E-state index contributed by atoms with van der Waals surface area (Å²) in [7, 11) is -3.85. The number of benzene rings is 2. The monoisotopic (exact) mass is 492 g/mol. The molecule has 7 nitrogen and oxygen atoms in total. The van der Waals surface area contributed by atoms with Crippen LogP contribution in [0.25, 0.3) is 0 Å². The van der Waals surface area contributed by atoms with Crippen molar-refractivity contribution in [1.82, 2.24) is 13.9 Å². The minimum Gasteiger partial charge on any atom is -0.372 e. The highest BCUT2D eigenvalue weighted by Crippen LogP contribution is 2.16. The highest BCUT2D eigenvalue weighted by molar-refractivity contribution is 7.86. The first kappa shape index (κ1) is 27.8. The molecule has 0 aliphatic carbocycles. The summed E-state index contributed by atoms with van der Waals surface area (Å²) < 4.78 is 42.0. The van der Waals surface area contributed by atoms with E-state index in [1.54, 1.807) is 13.8 Å². The molecule has 9 heteroatoms. The quantitative estimate of drug-likeness (QED) is 0.410. The highest BCUT2D eigenvalue weighted by atomic mass is 32.2. The molecule has 1 amide bonds. The van der Waals surface area contributed by atoms with Crippen LogP contribution in [0.3, 0.4) is 0 Å². The van der Waals surface area contributed by atoms with Crippen molar-refractivity contribution >= 4 is 21.8 Å². The Hall–Kier alpha value is -2.49. The van der Waals surface area contributed by atoms with Crippen LogP contribution in [-0.2, 0) is 21.5 Å². The van der Waals surface area contributed by atoms with Crippen LogP contribution in [0.5, 0.6) is 0 Å². The Balaban J connectivity index is 1.99. The Labute approximate surface area is 203 Å². The first-order chi connectivity index (χ1) is 16.2. The summed E-state index contributed by atoms with van der Waals surface area (Å²) in [6.45, 7) is 10.0. The zero-order valence-corrected chi connectivity index (χ0v) is 21.4. The van der Waals surface area contributed by atoms with Crippen molar-refractivity contribution in [3.05, 3.63) is 65.5 Å². The molecule has 2 aromatic carbocycles. The molecule has 188 valence electrons. The maximum absolute atomic E-state index is 13.3. The molecule has 0 aromatic heterocycles. The number of nitrogens with one attached hydrogen (secondary N) is 1. The second kappa shape index (κ2) is 13.4. The van der Waals surface area contributed by atoms with Crippen LogP contribution in [-0.4, -0.2) is 62.2 Å². The molecule has 0 atom stereocenters. The lowest BCUT2D eigenvalue weighted by Crippen LogP contribution is -2.47. The van der Waals surface area contributed by atoms with E-state index in [0.29, 0.717) is 25.2 Å². The molecular formula is C25H37FN4O3S. The summed E-state index contributed by atoms with van der Waals surface area (Å²) in [6, 6.07) is 13.9. The van der Waals surface area contributed by atoms with Crippen LogP contribution in [0.2, 0.25) is 0 Å². The molecule has 0 saturated carbocycles. The molecule has 0 unspecified atom stereocenters. The number of hydrogen-bond acceptors (Lipinski definition) is 4. The fourth-order valence-electron chi connectivity index (χ4n) is 3.73. The van der Waals surface area contributed by atoms with Crippen LogP contribution in [0.15, 0.2) is 48.5 Å². The standard InChI is InChI=1S/C25H37FN4O3S/c1-5-28(24-11-8-10-21(4)18-24)17-9-16-27-25(31)20-30(34(32,33)29(6-2)7-3)19-22-12-14-23(26)15-13-22/h8,10-15,18H,5-7,9,16-17,19-20H2,1-4H3,(H,27,31). The normalized spacial score (nSPS) is 11.7. The summed E-state index contributed by atoms with van der Waals surface area (Å²) >= 11 is 0. The van der Waals surface area contributed by atoms with Gasteiger partial charge in [-0.15, -0.1) is 0 Å². The van der Waals surface area contributed by atoms with E-state index in [9.17, 15) is 17.6 Å². The molecule has 1 N–H and O–H groups in total. The second-order valence-corrected chi connectivity index (χ2v) is 10.0. The molecule has 0 spiro atoms. The van der Waals surface area contributed by atoms with Crippen LogP contribution in [0.4, 0.5) is 10.1 Å². The van der Waals surface area contributed by atoms with Crippen molar-refractivity contribution in [2.24, 2.45) is 0 Å². The SMILES string of the molecule is CCN(CCCNC(=O)CN(Cc1ccc(F)cc1)S(=O)(=O)N(CC)CC)c1cccc(C)c1. The minimum absolute atomic E-state index is 0.0104. The van der Waals surface area contributed by atoms with Gasteiger partial charge in [0, 0.05) is 45.0 Å². The van der Waals surface area contributed by atoms with Crippen molar-refractivity contribution in [3.63, 3.8) is 0 Å². The Morgan fingerprint density at radius 3 is 2.24 bits per heavy atom. The van der Waals surface area contributed by atoms with Gasteiger partial charge in [-0.25, -0.2) is 4.39 Å². The molecule has 0 radical (unpaired) electrons. The molecule has 0 aliphatic heterocycles. The molecule has 34 heavy (non-hydrogen) atoms. The van der Waals surface area contributed by atoms with Crippen LogP contribution in [0.1, 0.15) is 38.3 Å². The molecule has 0 bridgehead atoms. The molecule has 0 heterocycles. The first-order valence-electron chi connectivity index (χ1n) is 11.8. The fraction of sp³-hybridized carbons (Fsp3) is 0.480. The summed E-state index contributed by atoms with van der Waals surface area (Å²) in [5.74, 6) is -0.761. The van der Waals surface area contributed by atoms with E-state index in [1.807, 2.05) is 6.07 Å². The lowest BCUT2D eigenvalue weighted by Gasteiger charge is -2.28. The Bertz CT molecular complexity index is 1010. The van der Waals surface area contributed by atoms with Gasteiger partial charge < -0.3 is 10.2 Å². The number of aryl methyl sites for hydroxylation is 1. The average molecular weight is 493 g/mol. The Morgan fingerprint density at radius 2 is 1.65 bits per heavy atom. The summed E-state index contributed by atoms with van der Waals surface area (Å²) in [5.41, 5.74) is 2.95. The number of amides is 1. The smallest absolute Gasteiger partial charge is 0.282 e. The molecule has 0 saturated heterocycles. The van der Waals surface area contributed by atoms with Gasteiger partial charge in [-0.2, -0.15) is 17.0 Å². The zero-order chi connectivity index (χ0) is 25.1. The van der Waals surface area contributed by atoms with E-state index < -0.39 is 16.0 Å². The van der Waals surface area contributed by atoms with Crippen molar-refractivity contribution in [3.8, 4) is 0 Å². The largest absolute Gasteiger partial charge is 0.372 e. The van der Waals surface area contributed by atoms with E-state index >= 15 is 0 Å².